The van der Waals surface area contributed by atoms with Crippen molar-refractivity contribution in [1.29, 1.82) is 0 Å². The maximum atomic E-state index is 12.6. The molecule has 0 unspecified atom stereocenters. The van der Waals surface area contributed by atoms with Gasteiger partial charge in [0.05, 0.1) is 36.4 Å². The van der Waals surface area contributed by atoms with Crippen LogP contribution in [0.25, 0.3) is 11.3 Å². The molecule has 1 amide bonds. The summed E-state index contributed by atoms with van der Waals surface area (Å²) in [7, 11) is 0. The van der Waals surface area contributed by atoms with Gasteiger partial charge in [-0.15, -0.1) is 0 Å². The number of halogens is 3. The summed E-state index contributed by atoms with van der Waals surface area (Å²) >= 11 is 0. The van der Waals surface area contributed by atoms with Gasteiger partial charge >= 0.3 is 6.18 Å². The van der Waals surface area contributed by atoms with Crippen LogP contribution in [0.4, 0.5) is 24.9 Å². The van der Waals surface area contributed by atoms with E-state index < -0.39 is 30.4 Å². The molecule has 30 heavy (non-hydrogen) atoms. The average Bonchev–Trinajstić information content (AvgIpc) is 3.20. The molecule has 2 heterocycles. The number of benzene rings is 1. The van der Waals surface area contributed by atoms with Crippen LogP contribution in [-0.2, 0) is 6.18 Å². The van der Waals surface area contributed by atoms with Gasteiger partial charge in [0.25, 0.3) is 11.9 Å². The number of carbonyl (C=O) groups excluding carboxylic acids is 1. The summed E-state index contributed by atoms with van der Waals surface area (Å²) in [4.78, 5) is 19.9. The highest BCUT2D eigenvalue weighted by atomic mass is 19.4. The molecule has 1 atom stereocenters. The van der Waals surface area contributed by atoms with Crippen molar-refractivity contribution >= 4 is 17.6 Å². The molecule has 0 radical (unpaired) electrons. The van der Waals surface area contributed by atoms with E-state index in [0.717, 1.165) is 12.1 Å². The van der Waals surface area contributed by atoms with Crippen LogP contribution < -0.4 is 10.6 Å². The molecule has 4 N–H and O–H groups in total. The Morgan fingerprint density at radius 1 is 1.10 bits per heavy atom. The molecule has 11 heteroatoms. The minimum absolute atomic E-state index is 0.0926. The van der Waals surface area contributed by atoms with Crippen LogP contribution >= 0.6 is 0 Å². The third-order valence-electron chi connectivity index (χ3n) is 3.96. The molecule has 8 nitrogen and oxygen atoms in total. The summed E-state index contributed by atoms with van der Waals surface area (Å²) in [5.41, 5.74) is 0.232. The molecule has 0 aliphatic heterocycles. The topological polar surface area (TPSA) is 121 Å². The molecule has 158 valence electrons. The number of pyridine rings is 1. The zero-order valence-corrected chi connectivity index (χ0v) is 15.3. The van der Waals surface area contributed by atoms with E-state index in [2.05, 4.69) is 20.6 Å². The summed E-state index contributed by atoms with van der Waals surface area (Å²) in [5.74, 6) is -0.243. The van der Waals surface area contributed by atoms with E-state index in [9.17, 15) is 23.1 Å². The Labute approximate surface area is 168 Å². The summed E-state index contributed by atoms with van der Waals surface area (Å²) < 4.78 is 43.4. The molecule has 3 aromatic rings. The quantitative estimate of drug-likeness (QED) is 0.462. The third kappa shape index (κ3) is 5.33. The van der Waals surface area contributed by atoms with Crippen molar-refractivity contribution in [3.63, 3.8) is 0 Å². The number of aliphatic hydroxyl groups excluding tert-OH is 2. The number of aliphatic hydroxyl groups is 2. The zero-order valence-electron chi connectivity index (χ0n) is 15.3. The molecule has 0 aliphatic carbocycles. The zero-order chi connectivity index (χ0) is 21.7. The van der Waals surface area contributed by atoms with Gasteiger partial charge < -0.3 is 25.3 Å². The maximum Gasteiger partial charge on any atom is 0.416 e. The van der Waals surface area contributed by atoms with Crippen molar-refractivity contribution < 1.29 is 32.6 Å². The standard InChI is InChI=1S/C19H17F3N4O4/c20-19(21,22)12-3-1-11(2-4-12)16-9-25-18(30-16)26-13-5-6-15(23-7-13)17(29)24-8-14(28)10-27/h1-7,9,14,27-28H,8,10H2,(H,24,29)(H,25,26)/t14-/m0/s1. The number of alkyl halides is 3. The van der Waals surface area contributed by atoms with Gasteiger partial charge in [0.1, 0.15) is 5.69 Å². The number of nitrogens with zero attached hydrogens (tertiary/aromatic N) is 2. The monoisotopic (exact) mass is 422 g/mol. The average molecular weight is 422 g/mol. The Morgan fingerprint density at radius 2 is 1.83 bits per heavy atom. The first-order valence-electron chi connectivity index (χ1n) is 8.70. The van der Waals surface area contributed by atoms with Crippen LogP contribution in [-0.4, -0.2) is 45.3 Å². The predicted molar refractivity (Wildman–Crippen MR) is 99.9 cm³/mol. The van der Waals surface area contributed by atoms with Crippen LogP contribution in [0, 0.1) is 0 Å². The summed E-state index contributed by atoms with van der Waals surface area (Å²) in [5, 5.41) is 23.2. The highest BCUT2D eigenvalue weighted by Gasteiger charge is 2.30. The van der Waals surface area contributed by atoms with Gasteiger partial charge in [-0.3, -0.25) is 4.79 Å². The molecule has 0 fully saturated rings. The van der Waals surface area contributed by atoms with Gasteiger partial charge in [-0.05, 0) is 24.3 Å². The van der Waals surface area contributed by atoms with E-state index in [1.54, 1.807) is 6.07 Å². The Bertz CT molecular complexity index is 988. The lowest BCUT2D eigenvalue weighted by Gasteiger charge is -2.09. The second kappa shape index (κ2) is 8.93. The van der Waals surface area contributed by atoms with Crippen LogP contribution in [0.2, 0.25) is 0 Å². The highest BCUT2D eigenvalue weighted by molar-refractivity contribution is 5.92. The molecule has 0 saturated carbocycles. The molecule has 0 saturated heterocycles. The van der Waals surface area contributed by atoms with E-state index in [1.807, 2.05) is 0 Å². The van der Waals surface area contributed by atoms with E-state index in [4.69, 9.17) is 9.52 Å². The largest absolute Gasteiger partial charge is 0.423 e. The smallest absolute Gasteiger partial charge is 0.416 e. The van der Waals surface area contributed by atoms with Crippen LogP contribution in [0.1, 0.15) is 16.1 Å². The minimum atomic E-state index is -4.42. The molecular formula is C19H17F3N4O4. The van der Waals surface area contributed by atoms with Crippen molar-refractivity contribution in [3.8, 4) is 11.3 Å². The summed E-state index contributed by atoms with van der Waals surface area (Å²) in [6.45, 7) is -0.582. The van der Waals surface area contributed by atoms with Gasteiger partial charge in [0, 0.05) is 12.1 Å². The van der Waals surface area contributed by atoms with Gasteiger partial charge in [-0.25, -0.2) is 9.97 Å². The fraction of sp³-hybridized carbons (Fsp3) is 0.211. The van der Waals surface area contributed by atoms with Crippen LogP contribution in [0.15, 0.2) is 53.2 Å². The second-order valence-corrected chi connectivity index (χ2v) is 6.21. The Kier molecular flexibility index (Phi) is 6.33. The molecule has 3 rings (SSSR count). The number of aromatic nitrogens is 2. The van der Waals surface area contributed by atoms with E-state index in [1.165, 1.54) is 30.6 Å². The summed E-state index contributed by atoms with van der Waals surface area (Å²) in [6, 6.07) is 7.56. The van der Waals surface area contributed by atoms with Crippen molar-refractivity contribution in [2.24, 2.45) is 0 Å². The predicted octanol–water partition coefficient (Wildman–Crippen LogP) is 2.58. The van der Waals surface area contributed by atoms with Gasteiger partial charge in [0.15, 0.2) is 5.76 Å². The lowest BCUT2D eigenvalue weighted by atomic mass is 10.1. The van der Waals surface area contributed by atoms with Gasteiger partial charge in [-0.2, -0.15) is 13.2 Å². The highest BCUT2D eigenvalue weighted by Crippen LogP contribution is 2.31. The first-order chi connectivity index (χ1) is 14.3. The fourth-order valence-corrected chi connectivity index (χ4v) is 2.38. The van der Waals surface area contributed by atoms with E-state index in [0.29, 0.717) is 11.3 Å². The van der Waals surface area contributed by atoms with Crippen molar-refractivity contribution in [2.45, 2.75) is 12.3 Å². The number of nitrogens with one attached hydrogen (secondary N) is 2. The molecular weight excluding hydrogens is 405 g/mol. The lowest BCUT2D eigenvalue weighted by Crippen LogP contribution is -2.34. The number of amides is 1. The SMILES string of the molecule is O=C(NC[C@H](O)CO)c1ccc(Nc2ncc(-c3ccc(C(F)(F)F)cc3)o2)cn1. The van der Waals surface area contributed by atoms with Gasteiger partial charge in [0.2, 0.25) is 0 Å². The van der Waals surface area contributed by atoms with E-state index >= 15 is 0 Å². The van der Waals surface area contributed by atoms with Crippen LogP contribution in [0.5, 0.6) is 0 Å². The number of hydrogen-bond acceptors (Lipinski definition) is 7. The number of rotatable bonds is 7. The Balaban J connectivity index is 1.62. The molecule has 0 aliphatic rings. The summed E-state index contributed by atoms with van der Waals surface area (Å²) in [6.07, 6.45) is -2.74. The van der Waals surface area contributed by atoms with Crippen molar-refractivity contribution in [2.75, 3.05) is 18.5 Å². The second-order valence-electron chi connectivity index (χ2n) is 6.21. The normalized spacial score (nSPS) is 12.4. The maximum absolute atomic E-state index is 12.6. The Morgan fingerprint density at radius 3 is 2.43 bits per heavy atom. The molecule has 2 aromatic heterocycles. The number of anilines is 2. The fourth-order valence-electron chi connectivity index (χ4n) is 2.38. The van der Waals surface area contributed by atoms with Gasteiger partial charge in [-0.1, -0.05) is 12.1 Å². The Hall–Kier alpha value is -3.44. The molecule has 0 bridgehead atoms. The van der Waals surface area contributed by atoms with E-state index in [-0.39, 0.29) is 24.0 Å². The minimum Gasteiger partial charge on any atom is -0.423 e. The number of carbonyl (C=O) groups is 1. The lowest BCUT2D eigenvalue weighted by molar-refractivity contribution is -0.137. The third-order valence-corrected chi connectivity index (χ3v) is 3.96. The first kappa shape index (κ1) is 21.3. The molecule has 0 spiro atoms. The van der Waals surface area contributed by atoms with Crippen molar-refractivity contribution in [1.82, 2.24) is 15.3 Å². The molecule has 1 aromatic carbocycles. The van der Waals surface area contributed by atoms with Crippen molar-refractivity contribution in [3.05, 3.63) is 60.0 Å². The number of oxazole rings is 1. The first-order valence-corrected chi connectivity index (χ1v) is 8.70. The van der Waals surface area contributed by atoms with Crippen LogP contribution in [0.3, 0.4) is 0 Å². The number of hydrogen-bond donors (Lipinski definition) is 4.